The Morgan fingerprint density at radius 2 is 2.11 bits per heavy atom. The lowest BCUT2D eigenvalue weighted by molar-refractivity contribution is -0.0585. The van der Waals surface area contributed by atoms with Crippen LogP contribution in [-0.2, 0) is 4.74 Å². The zero-order valence-corrected chi connectivity index (χ0v) is 12.5. The van der Waals surface area contributed by atoms with E-state index in [4.69, 9.17) is 10.6 Å². The number of nitrogens with zero attached hydrogens (tertiary/aromatic N) is 1. The van der Waals surface area contributed by atoms with Crippen molar-refractivity contribution in [1.29, 1.82) is 0 Å². The number of nitrogens with two attached hydrogens (primary N) is 1. The molecule has 1 rings (SSSR count). The summed E-state index contributed by atoms with van der Waals surface area (Å²) in [6.07, 6.45) is 3.83. The Labute approximate surface area is 112 Å². The van der Waals surface area contributed by atoms with Crippen molar-refractivity contribution in [2.24, 2.45) is 11.8 Å². The molecular formula is C14H31N3O. The first-order chi connectivity index (χ1) is 8.58. The molecule has 0 aromatic rings. The van der Waals surface area contributed by atoms with Gasteiger partial charge in [0.25, 0.3) is 0 Å². The number of rotatable bonds is 7. The lowest BCUT2D eigenvalue weighted by atomic mass is 9.94. The number of hydrazine groups is 1. The molecule has 1 heterocycles. The van der Waals surface area contributed by atoms with Crippen molar-refractivity contribution < 1.29 is 4.74 Å². The molecule has 4 nitrogen and oxygen atoms in total. The molecule has 0 saturated carbocycles. The van der Waals surface area contributed by atoms with Crippen LogP contribution in [0.3, 0.4) is 0 Å². The minimum atomic E-state index is 0.227. The van der Waals surface area contributed by atoms with Crippen molar-refractivity contribution in [3.05, 3.63) is 0 Å². The predicted octanol–water partition coefficient (Wildman–Crippen LogP) is 1.75. The summed E-state index contributed by atoms with van der Waals surface area (Å²) in [6.45, 7) is 11.9. The fraction of sp³-hybridized carbons (Fsp3) is 1.00. The van der Waals surface area contributed by atoms with Gasteiger partial charge < -0.3 is 4.74 Å². The first-order valence-corrected chi connectivity index (χ1v) is 7.40. The molecule has 0 radical (unpaired) electrons. The Hall–Kier alpha value is -0.160. The summed E-state index contributed by atoms with van der Waals surface area (Å²) >= 11 is 0. The van der Waals surface area contributed by atoms with Crippen molar-refractivity contribution in [2.75, 3.05) is 19.7 Å². The SMILES string of the molecule is CCCC(C)CC(NN)C1CN(C(C)C)CCO1. The molecule has 1 saturated heterocycles. The monoisotopic (exact) mass is 257 g/mol. The summed E-state index contributed by atoms with van der Waals surface area (Å²) < 4.78 is 5.91. The molecular weight excluding hydrogens is 226 g/mol. The third-order valence-electron chi connectivity index (χ3n) is 3.96. The molecule has 0 aromatic carbocycles. The van der Waals surface area contributed by atoms with Crippen LogP contribution in [-0.4, -0.2) is 42.8 Å². The Morgan fingerprint density at radius 1 is 1.39 bits per heavy atom. The maximum atomic E-state index is 5.91. The van der Waals surface area contributed by atoms with Crippen LogP contribution in [0.25, 0.3) is 0 Å². The van der Waals surface area contributed by atoms with Crippen molar-refractivity contribution >= 4 is 0 Å². The average Bonchev–Trinajstić information content (AvgIpc) is 2.36. The second kappa shape index (κ2) is 8.10. The molecule has 0 spiro atoms. The Kier molecular flexibility index (Phi) is 7.15. The fourth-order valence-electron chi connectivity index (χ4n) is 2.78. The van der Waals surface area contributed by atoms with E-state index in [-0.39, 0.29) is 12.1 Å². The molecule has 1 aliphatic heterocycles. The lowest BCUT2D eigenvalue weighted by Gasteiger charge is -2.39. The van der Waals surface area contributed by atoms with Gasteiger partial charge in [-0.1, -0.05) is 26.7 Å². The largest absolute Gasteiger partial charge is 0.374 e. The van der Waals surface area contributed by atoms with Crippen molar-refractivity contribution in [1.82, 2.24) is 10.3 Å². The van der Waals surface area contributed by atoms with Gasteiger partial charge in [-0.2, -0.15) is 0 Å². The van der Waals surface area contributed by atoms with Crippen LogP contribution in [0.1, 0.15) is 47.0 Å². The average molecular weight is 257 g/mol. The van der Waals surface area contributed by atoms with Gasteiger partial charge in [0.05, 0.1) is 12.7 Å². The van der Waals surface area contributed by atoms with Crippen LogP contribution in [0.15, 0.2) is 0 Å². The van der Waals surface area contributed by atoms with Crippen molar-refractivity contribution in [3.63, 3.8) is 0 Å². The Bertz CT molecular complexity index is 223. The highest BCUT2D eigenvalue weighted by Gasteiger charge is 2.29. The van der Waals surface area contributed by atoms with Crippen LogP contribution >= 0.6 is 0 Å². The minimum Gasteiger partial charge on any atom is -0.374 e. The standard InChI is InChI=1S/C14H31N3O/c1-5-6-12(4)9-13(16-15)14-10-17(11(2)3)7-8-18-14/h11-14,16H,5-10,15H2,1-4H3. The third-order valence-corrected chi connectivity index (χ3v) is 3.96. The van der Waals surface area contributed by atoms with Crippen LogP contribution < -0.4 is 11.3 Å². The summed E-state index contributed by atoms with van der Waals surface area (Å²) in [5.74, 6) is 6.42. The number of morpholine rings is 1. The first kappa shape index (κ1) is 15.9. The molecule has 0 aliphatic carbocycles. The van der Waals surface area contributed by atoms with E-state index in [1.807, 2.05) is 0 Å². The van der Waals surface area contributed by atoms with Gasteiger partial charge >= 0.3 is 0 Å². The van der Waals surface area contributed by atoms with E-state index in [0.29, 0.717) is 12.0 Å². The molecule has 108 valence electrons. The number of hydrogen-bond acceptors (Lipinski definition) is 4. The van der Waals surface area contributed by atoms with E-state index < -0.39 is 0 Å². The van der Waals surface area contributed by atoms with Crippen LogP contribution in [0.5, 0.6) is 0 Å². The molecule has 0 bridgehead atoms. The topological polar surface area (TPSA) is 50.5 Å². The van der Waals surface area contributed by atoms with E-state index in [1.165, 1.54) is 12.8 Å². The van der Waals surface area contributed by atoms with Gasteiger partial charge in [0, 0.05) is 25.2 Å². The smallest absolute Gasteiger partial charge is 0.0868 e. The number of hydrogen-bond donors (Lipinski definition) is 2. The van der Waals surface area contributed by atoms with Gasteiger partial charge in [0.15, 0.2) is 0 Å². The quantitative estimate of drug-likeness (QED) is 0.539. The second-order valence-electron chi connectivity index (χ2n) is 5.90. The van der Waals surface area contributed by atoms with Gasteiger partial charge in [-0.15, -0.1) is 0 Å². The van der Waals surface area contributed by atoms with E-state index in [9.17, 15) is 0 Å². The summed E-state index contributed by atoms with van der Waals surface area (Å²) in [5.41, 5.74) is 2.97. The molecule has 1 fully saturated rings. The fourth-order valence-corrected chi connectivity index (χ4v) is 2.78. The molecule has 4 heteroatoms. The molecule has 3 atom stereocenters. The third kappa shape index (κ3) is 4.84. The van der Waals surface area contributed by atoms with Gasteiger partial charge in [0.1, 0.15) is 0 Å². The van der Waals surface area contributed by atoms with Gasteiger partial charge in [-0.25, -0.2) is 0 Å². The zero-order valence-electron chi connectivity index (χ0n) is 12.5. The van der Waals surface area contributed by atoms with Crippen LogP contribution in [0, 0.1) is 5.92 Å². The molecule has 0 aromatic heterocycles. The van der Waals surface area contributed by atoms with Gasteiger partial charge in [0.2, 0.25) is 0 Å². The number of ether oxygens (including phenoxy) is 1. The molecule has 1 aliphatic rings. The van der Waals surface area contributed by atoms with E-state index in [2.05, 4.69) is 38.0 Å². The Morgan fingerprint density at radius 3 is 2.67 bits per heavy atom. The van der Waals surface area contributed by atoms with Crippen molar-refractivity contribution in [2.45, 2.75) is 65.1 Å². The van der Waals surface area contributed by atoms with Crippen LogP contribution in [0.4, 0.5) is 0 Å². The molecule has 0 amide bonds. The van der Waals surface area contributed by atoms with E-state index >= 15 is 0 Å². The molecule has 3 N–H and O–H groups in total. The zero-order chi connectivity index (χ0) is 13.5. The maximum absolute atomic E-state index is 5.91. The summed E-state index contributed by atoms with van der Waals surface area (Å²) in [6, 6.07) is 0.857. The van der Waals surface area contributed by atoms with Crippen molar-refractivity contribution in [3.8, 4) is 0 Å². The minimum absolute atomic E-state index is 0.227. The summed E-state index contributed by atoms with van der Waals surface area (Å²) in [4.78, 5) is 2.48. The lowest BCUT2D eigenvalue weighted by Crippen LogP contribution is -2.55. The van der Waals surface area contributed by atoms with E-state index in [0.717, 1.165) is 26.1 Å². The maximum Gasteiger partial charge on any atom is 0.0868 e. The van der Waals surface area contributed by atoms with Crippen LogP contribution in [0.2, 0.25) is 0 Å². The normalized spacial score (nSPS) is 25.3. The first-order valence-electron chi connectivity index (χ1n) is 7.40. The molecule has 18 heavy (non-hydrogen) atoms. The highest BCUT2D eigenvalue weighted by Crippen LogP contribution is 2.19. The molecule has 3 unspecified atom stereocenters. The van der Waals surface area contributed by atoms with E-state index in [1.54, 1.807) is 0 Å². The number of nitrogens with one attached hydrogen (secondary N) is 1. The summed E-state index contributed by atoms with van der Waals surface area (Å²) in [5, 5.41) is 0. The predicted molar refractivity (Wildman–Crippen MR) is 76.2 cm³/mol. The highest BCUT2D eigenvalue weighted by molar-refractivity contribution is 4.84. The Balaban J connectivity index is 2.48. The van der Waals surface area contributed by atoms with Gasteiger partial charge in [-0.3, -0.25) is 16.2 Å². The second-order valence-corrected chi connectivity index (χ2v) is 5.90. The highest BCUT2D eigenvalue weighted by atomic mass is 16.5. The van der Waals surface area contributed by atoms with Gasteiger partial charge in [-0.05, 0) is 26.2 Å². The summed E-state index contributed by atoms with van der Waals surface area (Å²) in [7, 11) is 0.